The molecule has 4 aliphatic heterocycles. The van der Waals surface area contributed by atoms with Crippen LogP contribution in [-0.2, 0) is 39.0 Å². The van der Waals surface area contributed by atoms with Gasteiger partial charge in [-0.15, -0.1) is 0 Å². The molecule has 0 fully saturated rings. The Morgan fingerprint density at radius 2 is 0.500 bits per heavy atom. The van der Waals surface area contributed by atoms with E-state index in [0.717, 1.165) is 22.3 Å². The standard InChI is InChI=1S/2C15H23N4.2C13H12O.2Zn/c2*1-14(2,3)18-9-7-16(12-18)11-17-8-10-19(13-17)15(4,5)6;2*14-13(11-7-3-1-4-8-11)12-9-5-2-6-10-12;;/h2*7-11H,1-6H3;2*1-10,13-14H;;/q2*-1;;;;. The topological polar surface area (TPSA) is 66.4 Å². The molecular weight excluding hydrogens is 947 g/mol. The molecule has 0 amide bonds. The van der Waals surface area contributed by atoms with E-state index < -0.39 is 12.2 Å². The molecule has 0 saturated heterocycles. The van der Waals surface area contributed by atoms with Crippen molar-refractivity contribution in [2.24, 2.45) is 0 Å². The molecule has 12 heteroatoms. The first kappa shape index (κ1) is 57.7. The summed E-state index contributed by atoms with van der Waals surface area (Å²) in [4.78, 5) is 15.9. The summed E-state index contributed by atoms with van der Waals surface area (Å²) in [5, 5.41) is 20.0. The van der Waals surface area contributed by atoms with E-state index in [-0.39, 0.29) is 61.1 Å². The van der Waals surface area contributed by atoms with Gasteiger partial charge in [-0.25, -0.2) is 0 Å². The van der Waals surface area contributed by atoms with Gasteiger partial charge in [0.1, 0.15) is 12.2 Å². The predicted octanol–water partition coefficient (Wildman–Crippen LogP) is 11.3. The van der Waals surface area contributed by atoms with Crippen molar-refractivity contribution in [1.82, 2.24) is 39.2 Å². The summed E-state index contributed by atoms with van der Waals surface area (Å²) in [5.74, 6) is 0. The van der Waals surface area contributed by atoms with Crippen LogP contribution in [0.15, 0.2) is 171 Å². The second kappa shape index (κ2) is 25.9. The van der Waals surface area contributed by atoms with Crippen molar-refractivity contribution >= 4 is 0 Å². The van der Waals surface area contributed by atoms with Crippen LogP contribution in [0.25, 0.3) is 0 Å². The zero-order valence-corrected chi connectivity index (χ0v) is 48.3. The van der Waals surface area contributed by atoms with E-state index in [2.05, 4.69) is 129 Å². The number of hydrogen-bond acceptors (Lipinski definition) is 10. The van der Waals surface area contributed by atoms with E-state index in [1.165, 1.54) is 0 Å². The second-order valence-electron chi connectivity index (χ2n) is 20.1. The van der Waals surface area contributed by atoms with Crippen LogP contribution in [0.3, 0.4) is 0 Å². The van der Waals surface area contributed by atoms with Gasteiger partial charge in [0.2, 0.25) is 0 Å². The van der Waals surface area contributed by atoms with Crippen LogP contribution in [0.2, 0.25) is 0 Å². The summed E-state index contributed by atoms with van der Waals surface area (Å²) in [7, 11) is 0. The fourth-order valence-corrected chi connectivity index (χ4v) is 6.26. The average Bonchev–Trinajstić information content (AvgIpc) is 4.14. The predicted molar refractivity (Wildman–Crippen MR) is 266 cm³/mol. The summed E-state index contributed by atoms with van der Waals surface area (Å²) >= 11 is 0. The van der Waals surface area contributed by atoms with Crippen LogP contribution in [-0.4, -0.2) is 71.6 Å². The van der Waals surface area contributed by atoms with E-state index >= 15 is 0 Å². The second-order valence-corrected chi connectivity index (χ2v) is 20.1. The molecule has 4 aliphatic rings. The Kier molecular flexibility index (Phi) is 21.9. The van der Waals surface area contributed by atoms with Gasteiger partial charge in [-0.2, -0.15) is 13.3 Å². The van der Waals surface area contributed by atoms with Crippen molar-refractivity contribution in [1.29, 1.82) is 0 Å². The van der Waals surface area contributed by atoms with Crippen molar-refractivity contribution in [2.45, 2.75) is 117 Å². The van der Waals surface area contributed by atoms with Crippen molar-refractivity contribution in [2.75, 3.05) is 0 Å². The molecule has 0 spiro atoms. The van der Waals surface area contributed by atoms with Crippen molar-refractivity contribution in [3.05, 3.63) is 233 Å². The Morgan fingerprint density at radius 3 is 0.647 bits per heavy atom. The third-order valence-electron chi connectivity index (χ3n) is 10.2. The molecule has 2 N–H and O–H groups in total. The van der Waals surface area contributed by atoms with E-state index in [4.69, 9.17) is 0 Å². The number of aliphatic hydroxyl groups excluding tert-OH is 2. The average molecular weight is 1020 g/mol. The molecular formula is C56H70N8O2Zn2-2. The zero-order chi connectivity index (χ0) is 48.1. The Labute approximate surface area is 436 Å². The Balaban J connectivity index is 0.000000240. The normalized spacial score (nSPS) is 15.5. The maximum atomic E-state index is 9.99. The van der Waals surface area contributed by atoms with Crippen LogP contribution < -0.4 is 0 Å². The van der Waals surface area contributed by atoms with Gasteiger partial charge in [0.15, 0.2) is 26.7 Å². The smallest absolute Gasteiger partial charge is 0.177 e. The molecule has 0 saturated carbocycles. The molecule has 0 bridgehead atoms. The zero-order valence-electron chi connectivity index (χ0n) is 42.4. The molecule has 10 nitrogen and oxygen atoms in total. The van der Waals surface area contributed by atoms with Crippen molar-refractivity contribution in [3.63, 3.8) is 0 Å². The molecule has 0 unspecified atom stereocenters. The molecule has 352 valence electrons. The number of aliphatic hydroxyl groups is 2. The van der Waals surface area contributed by atoms with Crippen LogP contribution in [0.1, 0.15) is 118 Å². The van der Waals surface area contributed by atoms with E-state index in [0.29, 0.717) is 0 Å². The number of nitrogens with zero attached hydrogens (tertiary/aromatic N) is 8. The van der Waals surface area contributed by atoms with Gasteiger partial charge in [0, 0.05) is 85.9 Å². The molecule has 0 aromatic heterocycles. The minimum absolute atomic E-state index is 0. The molecule has 8 radical (unpaired) electrons. The molecule has 4 aromatic rings. The van der Waals surface area contributed by atoms with Gasteiger partial charge in [-0.1, -0.05) is 121 Å². The Bertz CT molecular complexity index is 1840. The monoisotopic (exact) mass is 1010 g/mol. The SMILES string of the molecule is CC(C)(C)N1[C]N([CH-]N2[C]N(C(C)(C)C)C=C2)C=C1.CC(C)(C)N1[C]N([CH-]N2[C]N(C(C)(C)C)C=C2)C=C1.OC(c1ccccc1)c1ccccc1.OC(c1ccccc1)c1ccccc1.[Zn].[Zn]. The number of rotatable bonds is 8. The van der Waals surface area contributed by atoms with Gasteiger partial charge in [-0.05, 0) is 130 Å². The third kappa shape index (κ3) is 18.1. The minimum atomic E-state index is -0.516. The van der Waals surface area contributed by atoms with E-state index in [9.17, 15) is 10.2 Å². The molecule has 4 aromatic carbocycles. The first-order chi connectivity index (χ1) is 31.1. The quantitative estimate of drug-likeness (QED) is 0.132. The largest absolute Gasteiger partial charge is 0.480 e. The first-order valence-electron chi connectivity index (χ1n) is 22.4. The summed E-state index contributed by atoms with van der Waals surface area (Å²) in [6.07, 6.45) is 15.0. The third-order valence-corrected chi connectivity index (χ3v) is 10.2. The first-order valence-corrected chi connectivity index (χ1v) is 22.4. The summed E-state index contributed by atoms with van der Waals surface area (Å²) in [6, 6.07) is 38.7. The van der Waals surface area contributed by atoms with Crippen LogP contribution in [0.5, 0.6) is 0 Å². The number of hydrogen-bond donors (Lipinski definition) is 2. The maximum absolute atomic E-state index is 9.99. The maximum Gasteiger partial charge on any atom is 0.177 e. The van der Waals surface area contributed by atoms with E-state index in [1.807, 2.05) is 204 Å². The molecule has 8 rings (SSSR count). The van der Waals surface area contributed by atoms with Gasteiger partial charge in [-0.3, -0.25) is 0 Å². The molecule has 0 atom stereocenters. The number of benzene rings is 4. The van der Waals surface area contributed by atoms with Crippen LogP contribution >= 0.6 is 0 Å². The summed E-state index contributed by atoms with van der Waals surface area (Å²) in [6.45, 7) is 42.9. The molecule has 4 heterocycles. The van der Waals surface area contributed by atoms with Gasteiger partial charge >= 0.3 is 0 Å². The summed E-state index contributed by atoms with van der Waals surface area (Å²) in [5.41, 5.74) is 3.90. The van der Waals surface area contributed by atoms with E-state index in [1.54, 1.807) is 0 Å². The van der Waals surface area contributed by atoms with Crippen LogP contribution in [0.4, 0.5) is 0 Å². The minimum Gasteiger partial charge on any atom is -0.480 e. The van der Waals surface area contributed by atoms with Crippen molar-refractivity contribution in [3.8, 4) is 0 Å². The summed E-state index contributed by atoms with van der Waals surface area (Å²) < 4.78 is 0. The Morgan fingerprint density at radius 1 is 0.324 bits per heavy atom. The Hall–Kier alpha value is -4.59. The molecule has 0 aliphatic carbocycles. The van der Waals surface area contributed by atoms with Gasteiger partial charge in [0.25, 0.3) is 0 Å². The fourth-order valence-electron chi connectivity index (χ4n) is 6.26. The van der Waals surface area contributed by atoms with Gasteiger partial charge < -0.3 is 49.4 Å². The molecule has 68 heavy (non-hydrogen) atoms. The fraction of sp³-hybridized carbons (Fsp3) is 0.321. The van der Waals surface area contributed by atoms with Crippen LogP contribution in [0, 0.1) is 40.0 Å². The van der Waals surface area contributed by atoms with Crippen molar-refractivity contribution < 1.29 is 49.2 Å². The van der Waals surface area contributed by atoms with Gasteiger partial charge in [0.05, 0.1) is 0 Å².